The lowest BCUT2D eigenvalue weighted by molar-refractivity contribution is -0.134. The van der Waals surface area contributed by atoms with Crippen molar-refractivity contribution in [3.8, 4) is 0 Å². The molecular weight excluding hydrogens is 272 g/mol. The minimum absolute atomic E-state index is 0.176. The maximum Gasteiger partial charge on any atom is 0.330 e. The van der Waals surface area contributed by atoms with Crippen LogP contribution in [0.4, 0.5) is 0 Å². The first-order valence-electron chi connectivity index (χ1n) is 5.43. The molecule has 0 spiro atoms. The van der Waals surface area contributed by atoms with E-state index in [0.29, 0.717) is 12.2 Å². The highest BCUT2D eigenvalue weighted by Crippen LogP contribution is 1.81. The molecule has 0 amide bonds. The van der Waals surface area contributed by atoms with E-state index in [1.54, 1.807) is 0 Å². The van der Waals surface area contributed by atoms with Gasteiger partial charge in [0.2, 0.25) is 0 Å². The van der Waals surface area contributed by atoms with Gasteiger partial charge in [0.15, 0.2) is 0 Å². The Morgan fingerprint density at radius 1 is 0.900 bits per heavy atom. The largest absolute Gasteiger partial charge is 0.478 e. The van der Waals surface area contributed by atoms with Crippen LogP contribution < -0.4 is 0 Å². The SMILES string of the molecule is C=C(C)C(=O)O.O=C(O)C=CC(=O)O.OCCCCO. The molecule has 0 aliphatic heterocycles. The zero-order valence-corrected chi connectivity index (χ0v) is 11.2. The zero-order valence-electron chi connectivity index (χ0n) is 11.2. The van der Waals surface area contributed by atoms with Gasteiger partial charge < -0.3 is 25.5 Å². The molecule has 0 saturated heterocycles. The molecule has 0 aromatic heterocycles. The molecule has 0 aromatic carbocycles. The Bertz CT molecular complexity index is 300. The van der Waals surface area contributed by atoms with E-state index in [1.807, 2.05) is 0 Å². The van der Waals surface area contributed by atoms with E-state index < -0.39 is 17.9 Å². The number of unbranched alkanes of at least 4 members (excludes halogenated alkanes) is 1. The molecule has 0 rings (SSSR count). The second kappa shape index (κ2) is 16.8. The molecule has 0 bridgehead atoms. The van der Waals surface area contributed by atoms with E-state index in [2.05, 4.69) is 6.58 Å². The third-order valence-electron chi connectivity index (χ3n) is 1.30. The number of carboxylic acids is 3. The second-order valence-electron chi connectivity index (χ2n) is 3.25. The maximum atomic E-state index is 9.60. The first-order chi connectivity index (χ1) is 9.18. The summed E-state index contributed by atoms with van der Waals surface area (Å²) in [6, 6.07) is 0. The van der Waals surface area contributed by atoms with Crippen LogP contribution in [0.3, 0.4) is 0 Å². The van der Waals surface area contributed by atoms with Gasteiger partial charge >= 0.3 is 17.9 Å². The molecular formula is C12H20O8. The Hall–Kier alpha value is -2.19. The summed E-state index contributed by atoms with van der Waals surface area (Å²) < 4.78 is 0. The van der Waals surface area contributed by atoms with Gasteiger partial charge in [-0.2, -0.15) is 0 Å². The number of aliphatic hydroxyl groups excluding tert-OH is 2. The summed E-state index contributed by atoms with van der Waals surface area (Å²) in [4.78, 5) is 28.7. The van der Waals surface area contributed by atoms with Gasteiger partial charge in [0, 0.05) is 30.9 Å². The molecule has 8 heteroatoms. The summed E-state index contributed by atoms with van der Waals surface area (Å²) in [6.45, 7) is 4.99. The average molecular weight is 292 g/mol. The number of carboxylic acid groups (broad SMARTS) is 3. The first kappa shape index (κ1) is 22.9. The molecule has 0 aliphatic carbocycles. The third kappa shape index (κ3) is 36.0. The van der Waals surface area contributed by atoms with Crippen LogP contribution in [0.2, 0.25) is 0 Å². The molecule has 0 fully saturated rings. The molecule has 0 saturated carbocycles. The first-order valence-corrected chi connectivity index (χ1v) is 5.43. The third-order valence-corrected chi connectivity index (χ3v) is 1.30. The fraction of sp³-hybridized carbons (Fsp3) is 0.417. The second-order valence-corrected chi connectivity index (χ2v) is 3.25. The van der Waals surface area contributed by atoms with E-state index in [1.165, 1.54) is 6.92 Å². The van der Waals surface area contributed by atoms with Crippen molar-refractivity contribution in [2.75, 3.05) is 13.2 Å². The van der Waals surface area contributed by atoms with Crippen LogP contribution in [-0.4, -0.2) is 56.7 Å². The van der Waals surface area contributed by atoms with Crippen molar-refractivity contribution < 1.29 is 39.9 Å². The summed E-state index contributed by atoms with van der Waals surface area (Å²) in [5.74, 6) is -3.45. The topological polar surface area (TPSA) is 152 Å². The summed E-state index contributed by atoms with van der Waals surface area (Å²) in [5.41, 5.74) is 0.176. The van der Waals surface area contributed by atoms with Crippen molar-refractivity contribution in [1.29, 1.82) is 0 Å². The van der Waals surface area contributed by atoms with Crippen molar-refractivity contribution in [2.24, 2.45) is 0 Å². The quantitative estimate of drug-likeness (QED) is 0.341. The van der Waals surface area contributed by atoms with E-state index >= 15 is 0 Å². The number of rotatable bonds is 6. The summed E-state index contributed by atoms with van der Waals surface area (Å²) >= 11 is 0. The number of aliphatic carboxylic acids is 3. The van der Waals surface area contributed by atoms with Gasteiger partial charge in [0.25, 0.3) is 0 Å². The van der Waals surface area contributed by atoms with Gasteiger partial charge in [-0.05, 0) is 19.8 Å². The highest BCUT2D eigenvalue weighted by molar-refractivity contribution is 5.89. The molecule has 0 unspecified atom stereocenters. The average Bonchev–Trinajstić information content (AvgIpc) is 2.35. The van der Waals surface area contributed by atoms with E-state index in [0.717, 1.165) is 12.8 Å². The number of hydrogen-bond donors (Lipinski definition) is 5. The zero-order chi connectivity index (χ0) is 16.6. The van der Waals surface area contributed by atoms with Crippen LogP contribution in [-0.2, 0) is 14.4 Å². The van der Waals surface area contributed by atoms with Crippen LogP contribution in [0.15, 0.2) is 24.3 Å². The normalized spacial score (nSPS) is 8.75. The van der Waals surface area contributed by atoms with Gasteiger partial charge in [-0.25, -0.2) is 14.4 Å². The minimum atomic E-state index is -1.26. The van der Waals surface area contributed by atoms with Crippen LogP contribution in [0, 0.1) is 0 Å². The lowest BCUT2D eigenvalue weighted by Crippen LogP contribution is -1.92. The van der Waals surface area contributed by atoms with E-state index in [9.17, 15) is 14.4 Å². The van der Waals surface area contributed by atoms with Crippen molar-refractivity contribution >= 4 is 17.9 Å². The van der Waals surface area contributed by atoms with E-state index in [4.69, 9.17) is 25.5 Å². The minimum Gasteiger partial charge on any atom is -0.478 e. The Morgan fingerprint density at radius 3 is 1.25 bits per heavy atom. The van der Waals surface area contributed by atoms with Crippen LogP contribution >= 0.6 is 0 Å². The summed E-state index contributed by atoms with van der Waals surface area (Å²) in [6.07, 6.45) is 2.55. The molecule has 0 radical (unpaired) electrons. The fourth-order valence-corrected chi connectivity index (χ4v) is 0.366. The molecule has 0 aromatic rings. The Kier molecular flexibility index (Phi) is 19.3. The molecule has 0 heterocycles. The Balaban J connectivity index is -0.000000221. The number of hydrogen-bond acceptors (Lipinski definition) is 5. The van der Waals surface area contributed by atoms with Crippen molar-refractivity contribution in [1.82, 2.24) is 0 Å². The predicted molar refractivity (Wildman–Crippen MR) is 70.3 cm³/mol. The standard InChI is InChI=1S/C4H4O4.C4H6O2.C4H10O2/c5-3(6)1-2-4(7)8;1-3(2)4(5)6;5-3-1-2-4-6/h1-2H,(H,5,6)(H,7,8);1H2,2H3,(H,5,6);5-6H,1-4H2. The van der Waals surface area contributed by atoms with E-state index in [-0.39, 0.29) is 18.8 Å². The molecule has 20 heavy (non-hydrogen) atoms. The molecule has 5 N–H and O–H groups in total. The fourth-order valence-electron chi connectivity index (χ4n) is 0.366. The summed E-state index contributed by atoms with van der Waals surface area (Å²) in [7, 11) is 0. The van der Waals surface area contributed by atoms with Crippen molar-refractivity contribution in [2.45, 2.75) is 19.8 Å². The van der Waals surface area contributed by atoms with Gasteiger partial charge in [-0.1, -0.05) is 6.58 Å². The van der Waals surface area contributed by atoms with Crippen LogP contribution in [0.5, 0.6) is 0 Å². The monoisotopic (exact) mass is 292 g/mol. The van der Waals surface area contributed by atoms with Crippen molar-refractivity contribution in [3.63, 3.8) is 0 Å². The molecule has 0 aliphatic rings. The summed E-state index contributed by atoms with van der Waals surface area (Å²) in [5, 5.41) is 39.7. The van der Waals surface area contributed by atoms with Gasteiger partial charge in [0.1, 0.15) is 0 Å². The van der Waals surface area contributed by atoms with Gasteiger partial charge in [0.05, 0.1) is 0 Å². The Labute approximate surface area is 116 Å². The number of aliphatic hydroxyl groups is 2. The molecule has 8 nitrogen and oxygen atoms in total. The maximum absolute atomic E-state index is 9.60. The Morgan fingerprint density at radius 2 is 1.15 bits per heavy atom. The number of carbonyl (C=O) groups is 3. The van der Waals surface area contributed by atoms with Gasteiger partial charge in [-0.3, -0.25) is 0 Å². The predicted octanol–water partition coefficient (Wildman–Crippen LogP) is 0.110. The molecule has 116 valence electrons. The van der Waals surface area contributed by atoms with Crippen molar-refractivity contribution in [3.05, 3.63) is 24.3 Å². The smallest absolute Gasteiger partial charge is 0.330 e. The van der Waals surface area contributed by atoms with Crippen LogP contribution in [0.25, 0.3) is 0 Å². The van der Waals surface area contributed by atoms with Gasteiger partial charge in [-0.15, -0.1) is 0 Å². The molecule has 0 atom stereocenters. The lowest BCUT2D eigenvalue weighted by atomic mass is 10.3. The van der Waals surface area contributed by atoms with Crippen LogP contribution in [0.1, 0.15) is 19.8 Å². The highest BCUT2D eigenvalue weighted by Gasteiger charge is 1.90. The highest BCUT2D eigenvalue weighted by atomic mass is 16.4. The lowest BCUT2D eigenvalue weighted by Gasteiger charge is -1.85.